The van der Waals surface area contributed by atoms with E-state index in [1.54, 1.807) is 30.3 Å². The zero-order valence-electron chi connectivity index (χ0n) is 9.21. The van der Waals surface area contributed by atoms with E-state index < -0.39 is 11.9 Å². The van der Waals surface area contributed by atoms with Crippen molar-refractivity contribution in [3.63, 3.8) is 0 Å². The molecule has 1 aromatic carbocycles. The number of pyridine rings is 1. The molecule has 0 aliphatic carbocycles. The van der Waals surface area contributed by atoms with Crippen molar-refractivity contribution in [1.82, 2.24) is 4.98 Å². The lowest BCUT2D eigenvalue weighted by Gasteiger charge is -2.12. The summed E-state index contributed by atoms with van der Waals surface area (Å²) in [5.41, 5.74) is 0.487. The molecular formula is C13H9BrF3N. The fourth-order valence-corrected chi connectivity index (χ4v) is 1.95. The highest BCUT2D eigenvalue weighted by molar-refractivity contribution is 9.08. The fraction of sp³-hybridized carbons (Fsp3) is 0.154. The van der Waals surface area contributed by atoms with Crippen molar-refractivity contribution in [3.05, 3.63) is 53.9 Å². The number of hydrogen-bond acceptors (Lipinski definition) is 1. The highest BCUT2D eigenvalue weighted by Crippen LogP contribution is 2.36. The smallest absolute Gasteiger partial charge is 0.251 e. The molecule has 1 heterocycles. The Morgan fingerprint density at radius 2 is 1.78 bits per heavy atom. The van der Waals surface area contributed by atoms with Gasteiger partial charge in [-0.05, 0) is 17.2 Å². The van der Waals surface area contributed by atoms with E-state index in [2.05, 4.69) is 20.9 Å². The van der Waals surface area contributed by atoms with Crippen LogP contribution in [0.4, 0.5) is 13.2 Å². The summed E-state index contributed by atoms with van der Waals surface area (Å²) < 4.78 is 38.7. The molecule has 0 saturated heterocycles. The number of hydrogen-bond donors (Lipinski definition) is 0. The van der Waals surface area contributed by atoms with E-state index >= 15 is 0 Å². The second-order valence-corrected chi connectivity index (χ2v) is 4.30. The van der Waals surface area contributed by atoms with E-state index in [9.17, 15) is 13.2 Å². The Morgan fingerprint density at radius 1 is 1.11 bits per heavy atom. The lowest BCUT2D eigenvalue weighted by Crippen LogP contribution is -2.10. The van der Waals surface area contributed by atoms with E-state index in [0.29, 0.717) is 16.5 Å². The topological polar surface area (TPSA) is 12.9 Å². The molecule has 0 radical (unpaired) electrons. The fourth-order valence-electron chi connectivity index (χ4n) is 1.64. The summed E-state index contributed by atoms with van der Waals surface area (Å²) in [7, 11) is 0. The zero-order chi connectivity index (χ0) is 13.2. The Morgan fingerprint density at radius 3 is 2.33 bits per heavy atom. The number of halogens is 4. The molecule has 0 saturated carbocycles. The minimum absolute atomic E-state index is 0.111. The van der Waals surface area contributed by atoms with Crippen molar-refractivity contribution in [2.75, 3.05) is 0 Å². The normalized spacial score (nSPS) is 11.6. The van der Waals surface area contributed by atoms with Gasteiger partial charge >= 0.3 is 6.18 Å². The number of aromatic nitrogens is 1. The van der Waals surface area contributed by atoms with E-state index in [1.165, 1.54) is 12.3 Å². The van der Waals surface area contributed by atoms with Gasteiger partial charge in [0, 0.05) is 17.1 Å². The molecule has 1 nitrogen and oxygen atoms in total. The average molecular weight is 316 g/mol. The van der Waals surface area contributed by atoms with Gasteiger partial charge in [0.15, 0.2) is 5.69 Å². The minimum atomic E-state index is -4.45. The second-order valence-electron chi connectivity index (χ2n) is 3.74. The highest BCUT2D eigenvalue weighted by Gasteiger charge is 2.35. The highest BCUT2D eigenvalue weighted by atomic mass is 79.9. The molecule has 0 amide bonds. The predicted octanol–water partition coefficient (Wildman–Crippen LogP) is 4.66. The van der Waals surface area contributed by atoms with Crippen molar-refractivity contribution in [3.8, 4) is 11.1 Å². The summed E-state index contributed by atoms with van der Waals surface area (Å²) in [4.78, 5) is 3.54. The van der Waals surface area contributed by atoms with Gasteiger partial charge in [-0.1, -0.05) is 46.3 Å². The molecule has 0 unspecified atom stereocenters. The molecule has 94 valence electrons. The first-order valence-corrected chi connectivity index (χ1v) is 6.32. The van der Waals surface area contributed by atoms with Gasteiger partial charge in [0.05, 0.1) is 0 Å². The Kier molecular flexibility index (Phi) is 3.71. The molecule has 5 heteroatoms. The summed E-state index contributed by atoms with van der Waals surface area (Å²) in [5, 5.41) is 0.470. The summed E-state index contributed by atoms with van der Waals surface area (Å²) >= 11 is 3.22. The molecule has 0 spiro atoms. The molecule has 0 bridgehead atoms. The van der Waals surface area contributed by atoms with Crippen LogP contribution in [0.25, 0.3) is 11.1 Å². The number of rotatable bonds is 2. The average Bonchev–Trinajstić information content (AvgIpc) is 2.38. The first-order chi connectivity index (χ1) is 8.52. The lowest BCUT2D eigenvalue weighted by molar-refractivity contribution is -0.140. The van der Waals surface area contributed by atoms with Crippen molar-refractivity contribution in [2.45, 2.75) is 11.5 Å². The minimum Gasteiger partial charge on any atom is -0.251 e. The summed E-state index contributed by atoms with van der Waals surface area (Å²) in [6.45, 7) is 0. The summed E-state index contributed by atoms with van der Waals surface area (Å²) in [6, 6.07) is 9.97. The summed E-state index contributed by atoms with van der Waals surface area (Å²) in [6.07, 6.45) is -3.21. The molecule has 18 heavy (non-hydrogen) atoms. The third-order valence-electron chi connectivity index (χ3n) is 2.45. The first kappa shape index (κ1) is 13.1. The first-order valence-electron chi connectivity index (χ1n) is 5.20. The zero-order valence-corrected chi connectivity index (χ0v) is 10.8. The summed E-state index contributed by atoms with van der Waals surface area (Å²) in [5.74, 6) is 0. The van der Waals surface area contributed by atoms with Crippen LogP contribution in [-0.4, -0.2) is 4.98 Å². The van der Waals surface area contributed by atoms with Crippen molar-refractivity contribution in [1.29, 1.82) is 0 Å². The van der Waals surface area contributed by atoms with Crippen LogP contribution in [0.1, 0.15) is 11.3 Å². The molecule has 1 aromatic heterocycles. The Hall–Kier alpha value is -1.36. The van der Waals surface area contributed by atoms with Crippen LogP contribution in [0.5, 0.6) is 0 Å². The van der Waals surface area contributed by atoms with Gasteiger partial charge in [0.2, 0.25) is 0 Å². The molecule has 0 N–H and O–H groups in total. The molecule has 0 fully saturated rings. The van der Waals surface area contributed by atoms with E-state index in [4.69, 9.17) is 0 Å². The molecule has 2 aromatic rings. The Bertz CT molecular complexity index is 538. The molecular weight excluding hydrogens is 307 g/mol. The van der Waals surface area contributed by atoms with Crippen LogP contribution in [0, 0.1) is 0 Å². The van der Waals surface area contributed by atoms with Gasteiger partial charge in [-0.15, -0.1) is 0 Å². The second kappa shape index (κ2) is 5.10. The molecule has 0 aliphatic rings. The maximum Gasteiger partial charge on any atom is 0.433 e. The molecule has 2 rings (SSSR count). The SMILES string of the molecule is FC(F)(F)c1ncc(CBr)cc1-c1ccccc1. The van der Waals surface area contributed by atoms with Gasteiger partial charge in [-0.2, -0.15) is 13.2 Å². The van der Waals surface area contributed by atoms with Crippen LogP contribution in [0.2, 0.25) is 0 Å². The van der Waals surface area contributed by atoms with Crippen LogP contribution < -0.4 is 0 Å². The van der Waals surface area contributed by atoms with Crippen LogP contribution in [0.3, 0.4) is 0 Å². The maximum atomic E-state index is 12.9. The van der Waals surface area contributed by atoms with Gasteiger partial charge in [0.1, 0.15) is 0 Å². The standard InChI is InChI=1S/C13H9BrF3N/c14-7-9-6-11(10-4-2-1-3-5-10)12(18-8-9)13(15,16)17/h1-6,8H,7H2. The van der Waals surface area contributed by atoms with Crippen molar-refractivity contribution >= 4 is 15.9 Å². The maximum absolute atomic E-state index is 12.9. The van der Waals surface area contributed by atoms with Crippen LogP contribution in [0.15, 0.2) is 42.6 Å². The van der Waals surface area contributed by atoms with E-state index in [-0.39, 0.29) is 5.56 Å². The van der Waals surface area contributed by atoms with Gasteiger partial charge in [-0.25, -0.2) is 0 Å². The largest absolute Gasteiger partial charge is 0.433 e. The monoisotopic (exact) mass is 315 g/mol. The predicted molar refractivity (Wildman–Crippen MR) is 67.3 cm³/mol. The molecule has 0 atom stereocenters. The third-order valence-corrected chi connectivity index (χ3v) is 3.10. The quantitative estimate of drug-likeness (QED) is 0.734. The van der Waals surface area contributed by atoms with Gasteiger partial charge in [0.25, 0.3) is 0 Å². The lowest BCUT2D eigenvalue weighted by atomic mass is 10.0. The van der Waals surface area contributed by atoms with Crippen molar-refractivity contribution in [2.24, 2.45) is 0 Å². The number of alkyl halides is 4. The number of nitrogens with zero attached hydrogens (tertiary/aromatic N) is 1. The van der Waals surface area contributed by atoms with Crippen LogP contribution >= 0.6 is 15.9 Å². The Balaban J connectivity index is 2.62. The van der Waals surface area contributed by atoms with Crippen molar-refractivity contribution < 1.29 is 13.2 Å². The van der Waals surface area contributed by atoms with Gasteiger partial charge in [-0.3, -0.25) is 4.98 Å². The number of benzene rings is 1. The van der Waals surface area contributed by atoms with Crippen LogP contribution in [-0.2, 0) is 11.5 Å². The Labute approximate surface area is 111 Å². The third kappa shape index (κ3) is 2.72. The van der Waals surface area contributed by atoms with E-state index in [0.717, 1.165) is 0 Å². The molecule has 0 aliphatic heterocycles. The van der Waals surface area contributed by atoms with E-state index in [1.807, 2.05) is 0 Å². The van der Waals surface area contributed by atoms with Gasteiger partial charge < -0.3 is 0 Å².